The summed E-state index contributed by atoms with van der Waals surface area (Å²) >= 11 is 0. The molecule has 0 spiro atoms. The van der Waals surface area contributed by atoms with Gasteiger partial charge in [-0.15, -0.1) is 6.42 Å². The fourth-order valence-corrected chi connectivity index (χ4v) is 0.979. The molecular formula is C10H10N2O2. The summed E-state index contributed by atoms with van der Waals surface area (Å²) in [5, 5.41) is 2.47. The SMILES string of the molecule is C#CC(=O)Nc1ccc(OC)c(N)c1. The average Bonchev–Trinajstić information content (AvgIpc) is 2.18. The van der Waals surface area contributed by atoms with Crippen molar-refractivity contribution in [1.82, 2.24) is 0 Å². The van der Waals surface area contributed by atoms with Gasteiger partial charge in [0.2, 0.25) is 0 Å². The van der Waals surface area contributed by atoms with Crippen LogP contribution in [0.5, 0.6) is 5.75 Å². The van der Waals surface area contributed by atoms with Crippen LogP contribution in [-0.2, 0) is 4.79 Å². The first-order chi connectivity index (χ1) is 6.67. The predicted molar refractivity (Wildman–Crippen MR) is 54.9 cm³/mol. The molecule has 0 radical (unpaired) electrons. The van der Waals surface area contributed by atoms with E-state index in [1.165, 1.54) is 7.11 Å². The molecule has 0 aromatic heterocycles. The highest BCUT2D eigenvalue weighted by molar-refractivity contribution is 6.03. The van der Waals surface area contributed by atoms with Crippen LogP contribution in [0.1, 0.15) is 0 Å². The number of carbonyl (C=O) groups excluding carboxylic acids is 1. The van der Waals surface area contributed by atoms with Gasteiger partial charge in [-0.25, -0.2) is 0 Å². The molecule has 1 aromatic carbocycles. The maximum atomic E-state index is 10.8. The number of hydrogen-bond donors (Lipinski definition) is 2. The van der Waals surface area contributed by atoms with Gasteiger partial charge in [-0.2, -0.15) is 0 Å². The highest BCUT2D eigenvalue weighted by atomic mass is 16.5. The van der Waals surface area contributed by atoms with Gasteiger partial charge in [0.05, 0.1) is 12.8 Å². The molecule has 1 aromatic rings. The van der Waals surface area contributed by atoms with Gasteiger partial charge in [-0.3, -0.25) is 4.79 Å². The molecule has 0 atom stereocenters. The maximum absolute atomic E-state index is 10.8. The summed E-state index contributed by atoms with van der Waals surface area (Å²) < 4.78 is 4.95. The Morgan fingerprint density at radius 1 is 1.64 bits per heavy atom. The maximum Gasteiger partial charge on any atom is 0.300 e. The van der Waals surface area contributed by atoms with Crippen LogP contribution in [0.2, 0.25) is 0 Å². The Hall–Kier alpha value is -2.15. The first-order valence-corrected chi connectivity index (χ1v) is 3.88. The number of ether oxygens (including phenoxy) is 1. The van der Waals surface area contributed by atoms with Gasteiger partial charge >= 0.3 is 0 Å². The fourth-order valence-electron chi connectivity index (χ4n) is 0.979. The number of benzene rings is 1. The van der Waals surface area contributed by atoms with E-state index < -0.39 is 5.91 Å². The third-order valence-corrected chi connectivity index (χ3v) is 1.62. The highest BCUT2D eigenvalue weighted by Gasteiger charge is 2.02. The van der Waals surface area contributed by atoms with Gasteiger partial charge < -0.3 is 15.8 Å². The number of rotatable bonds is 2. The third kappa shape index (κ3) is 2.17. The summed E-state index contributed by atoms with van der Waals surface area (Å²) in [4.78, 5) is 10.8. The molecular weight excluding hydrogens is 180 g/mol. The van der Waals surface area contributed by atoms with Crippen LogP contribution in [0.4, 0.5) is 11.4 Å². The number of amides is 1. The minimum atomic E-state index is -0.505. The fraction of sp³-hybridized carbons (Fsp3) is 0.100. The minimum Gasteiger partial charge on any atom is -0.495 e. The van der Waals surface area contributed by atoms with Crippen LogP contribution in [0.25, 0.3) is 0 Å². The molecule has 72 valence electrons. The largest absolute Gasteiger partial charge is 0.495 e. The lowest BCUT2D eigenvalue weighted by Crippen LogP contribution is -2.08. The van der Waals surface area contributed by atoms with Crippen molar-refractivity contribution in [2.45, 2.75) is 0 Å². The van der Waals surface area contributed by atoms with Crippen molar-refractivity contribution < 1.29 is 9.53 Å². The van der Waals surface area contributed by atoms with Crippen molar-refractivity contribution in [3.05, 3.63) is 18.2 Å². The van der Waals surface area contributed by atoms with Gasteiger partial charge in [-0.1, -0.05) is 0 Å². The average molecular weight is 190 g/mol. The Morgan fingerprint density at radius 3 is 2.86 bits per heavy atom. The summed E-state index contributed by atoms with van der Waals surface area (Å²) in [5.74, 6) is 1.99. The van der Waals surface area contributed by atoms with Crippen LogP contribution in [0.15, 0.2) is 18.2 Å². The van der Waals surface area contributed by atoms with Gasteiger partial charge in [0, 0.05) is 5.69 Å². The van der Waals surface area contributed by atoms with Gasteiger partial charge in [0.15, 0.2) is 0 Å². The lowest BCUT2D eigenvalue weighted by atomic mass is 10.2. The molecule has 3 N–H and O–H groups in total. The molecule has 0 heterocycles. The normalized spacial score (nSPS) is 8.86. The van der Waals surface area contributed by atoms with Gasteiger partial charge in [0.25, 0.3) is 5.91 Å². The quantitative estimate of drug-likeness (QED) is 0.536. The number of nitrogens with one attached hydrogen (secondary N) is 1. The second-order valence-electron chi connectivity index (χ2n) is 2.56. The molecule has 4 nitrogen and oxygen atoms in total. The second kappa shape index (κ2) is 4.19. The molecule has 1 amide bonds. The Kier molecular flexibility index (Phi) is 2.97. The van der Waals surface area contributed by atoms with Crippen LogP contribution in [0.3, 0.4) is 0 Å². The highest BCUT2D eigenvalue weighted by Crippen LogP contribution is 2.24. The predicted octanol–water partition coefficient (Wildman–Crippen LogP) is 0.849. The molecule has 0 unspecified atom stereocenters. The second-order valence-corrected chi connectivity index (χ2v) is 2.56. The standard InChI is InChI=1S/C10H10N2O2/c1-3-10(13)12-7-4-5-9(14-2)8(11)6-7/h1,4-6H,11H2,2H3,(H,12,13). The molecule has 0 saturated heterocycles. The summed E-state index contributed by atoms with van der Waals surface area (Å²) in [6.07, 6.45) is 4.90. The number of methoxy groups -OCH3 is 1. The third-order valence-electron chi connectivity index (χ3n) is 1.62. The molecule has 0 bridgehead atoms. The van der Waals surface area contributed by atoms with E-state index in [1.807, 2.05) is 5.92 Å². The number of terminal acetylenes is 1. The molecule has 0 aliphatic heterocycles. The van der Waals surface area contributed by atoms with Crippen molar-refractivity contribution in [2.24, 2.45) is 0 Å². The summed E-state index contributed by atoms with van der Waals surface area (Å²) in [6.45, 7) is 0. The zero-order valence-corrected chi connectivity index (χ0v) is 7.70. The van der Waals surface area contributed by atoms with Crippen molar-refractivity contribution in [3.8, 4) is 18.1 Å². The van der Waals surface area contributed by atoms with E-state index in [9.17, 15) is 4.79 Å². The number of anilines is 2. The summed E-state index contributed by atoms with van der Waals surface area (Å²) in [5.41, 5.74) is 6.62. The van der Waals surface area contributed by atoms with E-state index in [2.05, 4.69) is 5.32 Å². The molecule has 1 rings (SSSR count). The van der Waals surface area contributed by atoms with Crippen molar-refractivity contribution in [1.29, 1.82) is 0 Å². The van der Waals surface area contributed by atoms with Crippen molar-refractivity contribution in [2.75, 3.05) is 18.2 Å². The number of carbonyl (C=O) groups is 1. The molecule has 4 heteroatoms. The Balaban J connectivity index is 2.87. The van der Waals surface area contributed by atoms with Crippen LogP contribution >= 0.6 is 0 Å². The van der Waals surface area contributed by atoms with Crippen LogP contribution < -0.4 is 15.8 Å². The van der Waals surface area contributed by atoms with E-state index in [0.29, 0.717) is 17.1 Å². The Bertz CT molecular complexity index is 394. The van der Waals surface area contributed by atoms with Crippen LogP contribution in [0, 0.1) is 12.3 Å². The topological polar surface area (TPSA) is 64.3 Å². The van der Waals surface area contributed by atoms with E-state index in [1.54, 1.807) is 18.2 Å². The van der Waals surface area contributed by atoms with Gasteiger partial charge in [0.1, 0.15) is 5.75 Å². The van der Waals surface area contributed by atoms with E-state index in [0.717, 1.165) is 0 Å². The first kappa shape index (κ1) is 9.93. The van der Waals surface area contributed by atoms with Gasteiger partial charge in [-0.05, 0) is 24.1 Å². The molecule has 0 aliphatic carbocycles. The summed E-state index contributed by atoms with van der Waals surface area (Å²) in [6, 6.07) is 4.89. The molecule has 0 aliphatic rings. The monoisotopic (exact) mass is 190 g/mol. The smallest absolute Gasteiger partial charge is 0.300 e. The lowest BCUT2D eigenvalue weighted by molar-refractivity contribution is -0.111. The first-order valence-electron chi connectivity index (χ1n) is 3.88. The number of nitrogens with two attached hydrogens (primary N) is 1. The number of nitrogen functional groups attached to an aromatic ring is 1. The molecule has 0 saturated carbocycles. The summed E-state index contributed by atoms with van der Waals surface area (Å²) in [7, 11) is 1.52. The van der Waals surface area contributed by atoms with Crippen molar-refractivity contribution in [3.63, 3.8) is 0 Å². The Labute approximate surface area is 82.1 Å². The zero-order valence-electron chi connectivity index (χ0n) is 7.70. The minimum absolute atomic E-state index is 0.447. The lowest BCUT2D eigenvalue weighted by Gasteiger charge is -2.06. The molecule has 0 fully saturated rings. The van der Waals surface area contributed by atoms with Crippen LogP contribution in [-0.4, -0.2) is 13.0 Å². The van der Waals surface area contributed by atoms with Crippen molar-refractivity contribution >= 4 is 17.3 Å². The Morgan fingerprint density at radius 2 is 2.36 bits per heavy atom. The zero-order chi connectivity index (χ0) is 10.6. The van der Waals surface area contributed by atoms with E-state index in [4.69, 9.17) is 16.9 Å². The van der Waals surface area contributed by atoms with E-state index in [-0.39, 0.29) is 0 Å². The van der Waals surface area contributed by atoms with E-state index >= 15 is 0 Å². The number of hydrogen-bond acceptors (Lipinski definition) is 3. The molecule has 14 heavy (non-hydrogen) atoms.